The molecule has 4 nitrogen and oxygen atoms in total. The highest BCUT2D eigenvalue weighted by atomic mass is 32.2. The SMILES string of the molecule is CS(=O)(=O)CCNCC(O)c1cccc(C(F)(F)F)c1. The van der Waals surface area contributed by atoms with Gasteiger partial charge >= 0.3 is 6.18 Å². The van der Waals surface area contributed by atoms with Crippen LogP contribution >= 0.6 is 0 Å². The summed E-state index contributed by atoms with van der Waals surface area (Å²) < 4.78 is 59.3. The average molecular weight is 311 g/mol. The zero-order valence-corrected chi connectivity index (χ0v) is 11.6. The molecule has 0 saturated carbocycles. The normalized spacial score (nSPS) is 14.2. The van der Waals surface area contributed by atoms with Gasteiger partial charge in [0.05, 0.1) is 17.4 Å². The summed E-state index contributed by atoms with van der Waals surface area (Å²) in [4.78, 5) is 0. The molecule has 0 aromatic heterocycles. The van der Waals surface area contributed by atoms with E-state index in [9.17, 15) is 26.7 Å². The first-order valence-electron chi connectivity index (χ1n) is 5.83. The standard InChI is InChI=1S/C12H16F3NO3S/c1-20(18,19)6-5-16-8-11(17)9-3-2-4-10(7-9)12(13,14)15/h2-4,7,11,16-17H,5-6,8H2,1H3. The van der Waals surface area contributed by atoms with Gasteiger partial charge in [-0.15, -0.1) is 0 Å². The largest absolute Gasteiger partial charge is 0.416 e. The third kappa shape index (κ3) is 5.89. The summed E-state index contributed by atoms with van der Waals surface area (Å²) in [6, 6.07) is 4.41. The van der Waals surface area contributed by atoms with Crippen molar-refractivity contribution in [2.75, 3.05) is 25.1 Å². The fourth-order valence-corrected chi connectivity index (χ4v) is 2.05. The van der Waals surface area contributed by atoms with Gasteiger partial charge in [0, 0.05) is 19.3 Å². The van der Waals surface area contributed by atoms with Crippen LogP contribution in [-0.2, 0) is 16.0 Å². The Morgan fingerprint density at radius 3 is 2.55 bits per heavy atom. The number of hydrogen-bond donors (Lipinski definition) is 2. The van der Waals surface area contributed by atoms with Gasteiger partial charge in [0.2, 0.25) is 0 Å². The van der Waals surface area contributed by atoms with E-state index in [0.29, 0.717) is 0 Å². The van der Waals surface area contributed by atoms with Gasteiger partial charge in [0.1, 0.15) is 9.84 Å². The minimum Gasteiger partial charge on any atom is -0.387 e. The molecular weight excluding hydrogens is 295 g/mol. The second-order valence-electron chi connectivity index (χ2n) is 4.47. The van der Waals surface area contributed by atoms with Gasteiger partial charge in [-0.2, -0.15) is 13.2 Å². The van der Waals surface area contributed by atoms with Crippen molar-refractivity contribution in [2.24, 2.45) is 0 Å². The third-order valence-corrected chi connectivity index (χ3v) is 3.53. The molecular formula is C12H16F3NO3S. The fraction of sp³-hybridized carbons (Fsp3) is 0.500. The quantitative estimate of drug-likeness (QED) is 0.779. The highest BCUT2D eigenvalue weighted by Gasteiger charge is 2.30. The van der Waals surface area contributed by atoms with Gasteiger partial charge < -0.3 is 10.4 Å². The van der Waals surface area contributed by atoms with Crippen molar-refractivity contribution in [1.29, 1.82) is 0 Å². The summed E-state index contributed by atoms with van der Waals surface area (Å²) in [6.07, 6.45) is -4.51. The van der Waals surface area contributed by atoms with Crippen molar-refractivity contribution in [3.05, 3.63) is 35.4 Å². The summed E-state index contributed by atoms with van der Waals surface area (Å²) in [5.41, 5.74) is -0.697. The van der Waals surface area contributed by atoms with Crippen molar-refractivity contribution in [3.8, 4) is 0 Å². The Hall–Kier alpha value is -1.12. The molecule has 1 atom stereocenters. The van der Waals surface area contributed by atoms with Crippen LogP contribution in [0.2, 0.25) is 0 Å². The summed E-state index contributed by atoms with van der Waals surface area (Å²) >= 11 is 0. The van der Waals surface area contributed by atoms with E-state index in [2.05, 4.69) is 5.32 Å². The lowest BCUT2D eigenvalue weighted by molar-refractivity contribution is -0.137. The molecule has 0 aliphatic carbocycles. The molecule has 0 amide bonds. The number of benzene rings is 1. The van der Waals surface area contributed by atoms with Crippen LogP contribution in [0.5, 0.6) is 0 Å². The maximum Gasteiger partial charge on any atom is 0.416 e. The molecule has 1 unspecified atom stereocenters. The Morgan fingerprint density at radius 2 is 2.00 bits per heavy atom. The van der Waals surface area contributed by atoms with E-state index in [1.807, 2.05) is 0 Å². The lowest BCUT2D eigenvalue weighted by atomic mass is 10.1. The number of halogens is 3. The number of sulfone groups is 1. The van der Waals surface area contributed by atoms with E-state index in [4.69, 9.17) is 0 Å². The lowest BCUT2D eigenvalue weighted by Crippen LogP contribution is -2.27. The van der Waals surface area contributed by atoms with Gasteiger partial charge in [-0.1, -0.05) is 12.1 Å². The Balaban J connectivity index is 2.58. The maximum absolute atomic E-state index is 12.5. The first-order chi connectivity index (χ1) is 9.09. The molecule has 8 heteroatoms. The summed E-state index contributed by atoms with van der Waals surface area (Å²) in [7, 11) is -3.11. The van der Waals surface area contributed by atoms with Crippen molar-refractivity contribution < 1.29 is 26.7 Å². The molecule has 0 bridgehead atoms. The van der Waals surface area contributed by atoms with Crippen molar-refractivity contribution in [3.63, 3.8) is 0 Å². The van der Waals surface area contributed by atoms with E-state index in [1.165, 1.54) is 12.1 Å². The molecule has 0 fully saturated rings. The molecule has 1 aromatic rings. The van der Waals surface area contributed by atoms with Crippen molar-refractivity contribution in [2.45, 2.75) is 12.3 Å². The summed E-state index contributed by atoms with van der Waals surface area (Å²) in [5, 5.41) is 12.4. The Kier molecular flexibility index (Phi) is 5.55. The second kappa shape index (κ2) is 6.55. The maximum atomic E-state index is 12.5. The zero-order chi connectivity index (χ0) is 15.4. The van der Waals surface area contributed by atoms with Crippen LogP contribution in [0.4, 0.5) is 13.2 Å². The number of hydrogen-bond acceptors (Lipinski definition) is 4. The number of nitrogens with one attached hydrogen (secondary N) is 1. The zero-order valence-electron chi connectivity index (χ0n) is 10.8. The van der Waals surface area contributed by atoms with Gasteiger partial charge in [0.25, 0.3) is 0 Å². The van der Waals surface area contributed by atoms with E-state index in [-0.39, 0.29) is 24.4 Å². The van der Waals surface area contributed by atoms with Crippen LogP contribution < -0.4 is 5.32 Å². The average Bonchev–Trinajstić information content (AvgIpc) is 2.32. The summed E-state index contributed by atoms with van der Waals surface area (Å²) in [5.74, 6) is -0.0949. The second-order valence-corrected chi connectivity index (χ2v) is 6.73. The number of aliphatic hydroxyl groups excluding tert-OH is 1. The first-order valence-corrected chi connectivity index (χ1v) is 7.89. The molecule has 0 radical (unpaired) electrons. The topological polar surface area (TPSA) is 66.4 Å². The van der Waals surface area contributed by atoms with Crippen LogP contribution in [0, 0.1) is 0 Å². The lowest BCUT2D eigenvalue weighted by Gasteiger charge is -2.14. The molecule has 0 heterocycles. The monoisotopic (exact) mass is 311 g/mol. The van der Waals surface area contributed by atoms with Crippen LogP contribution in [0.1, 0.15) is 17.2 Å². The summed E-state index contributed by atoms with van der Waals surface area (Å²) in [6.45, 7) is 0.117. The highest BCUT2D eigenvalue weighted by Crippen LogP contribution is 2.30. The molecule has 0 aliphatic heterocycles. The Bertz CT molecular complexity index is 543. The van der Waals surface area contributed by atoms with Gasteiger partial charge in [0.15, 0.2) is 0 Å². The third-order valence-electron chi connectivity index (χ3n) is 2.59. The molecule has 1 aromatic carbocycles. The fourth-order valence-electron chi connectivity index (χ4n) is 1.54. The molecule has 0 saturated heterocycles. The highest BCUT2D eigenvalue weighted by molar-refractivity contribution is 7.90. The van der Waals surface area contributed by atoms with Crippen molar-refractivity contribution in [1.82, 2.24) is 5.32 Å². The van der Waals surface area contributed by atoms with Crippen molar-refractivity contribution >= 4 is 9.84 Å². The number of aliphatic hydroxyl groups is 1. The minimum atomic E-state index is -4.46. The Labute approximate surface area is 115 Å². The van der Waals surface area contributed by atoms with Gasteiger partial charge in [-0.25, -0.2) is 8.42 Å². The Morgan fingerprint density at radius 1 is 1.35 bits per heavy atom. The predicted octanol–water partition coefficient (Wildman–Crippen LogP) is 1.37. The number of rotatable bonds is 6. The molecule has 114 valence electrons. The molecule has 0 spiro atoms. The van der Waals surface area contributed by atoms with Crippen LogP contribution in [0.3, 0.4) is 0 Å². The van der Waals surface area contributed by atoms with E-state index in [1.54, 1.807) is 0 Å². The van der Waals surface area contributed by atoms with Crippen LogP contribution in [0.25, 0.3) is 0 Å². The molecule has 20 heavy (non-hydrogen) atoms. The van der Waals surface area contributed by atoms with Crippen LogP contribution in [-0.4, -0.2) is 38.6 Å². The van der Waals surface area contributed by atoms with Gasteiger partial charge in [-0.3, -0.25) is 0 Å². The van der Waals surface area contributed by atoms with Crippen LogP contribution in [0.15, 0.2) is 24.3 Å². The minimum absolute atomic E-state index is 0.0170. The molecule has 2 N–H and O–H groups in total. The van der Waals surface area contributed by atoms with E-state index in [0.717, 1.165) is 18.4 Å². The number of alkyl halides is 3. The van der Waals surface area contributed by atoms with E-state index >= 15 is 0 Å². The molecule has 1 rings (SSSR count). The predicted molar refractivity (Wildman–Crippen MR) is 69.0 cm³/mol. The first kappa shape index (κ1) is 16.9. The molecule has 0 aliphatic rings. The van der Waals surface area contributed by atoms with E-state index < -0.39 is 27.7 Å². The van der Waals surface area contributed by atoms with Gasteiger partial charge in [-0.05, 0) is 17.7 Å². The smallest absolute Gasteiger partial charge is 0.387 e.